The fourth-order valence-corrected chi connectivity index (χ4v) is 3.85. The number of thiophene rings is 1. The van der Waals surface area contributed by atoms with Gasteiger partial charge in [0, 0.05) is 32.7 Å². The third kappa shape index (κ3) is 5.18. The third-order valence-corrected chi connectivity index (χ3v) is 5.33. The number of carbonyl (C=O) groups is 1. The highest BCUT2D eigenvalue weighted by molar-refractivity contribution is 7.07. The highest BCUT2D eigenvalue weighted by Gasteiger charge is 2.21. The summed E-state index contributed by atoms with van der Waals surface area (Å²) in [7, 11) is 0. The molecule has 1 amide bonds. The molecule has 1 aliphatic rings. The minimum absolute atomic E-state index is 0.261. The van der Waals surface area contributed by atoms with Crippen molar-refractivity contribution in [3.63, 3.8) is 0 Å². The van der Waals surface area contributed by atoms with Gasteiger partial charge in [-0.2, -0.15) is 11.3 Å². The molecule has 2 heterocycles. The number of nitrogens with zero attached hydrogens (tertiary/aromatic N) is 1. The van der Waals surface area contributed by atoms with E-state index in [-0.39, 0.29) is 5.91 Å². The second-order valence-electron chi connectivity index (χ2n) is 6.45. The van der Waals surface area contributed by atoms with Crippen LogP contribution in [0.3, 0.4) is 0 Å². The number of ether oxygens (including phenoxy) is 1. The van der Waals surface area contributed by atoms with E-state index in [2.05, 4.69) is 33.9 Å². The van der Waals surface area contributed by atoms with E-state index in [1.807, 2.05) is 18.2 Å². The van der Waals surface area contributed by atoms with E-state index in [4.69, 9.17) is 4.74 Å². The van der Waals surface area contributed by atoms with Crippen molar-refractivity contribution >= 4 is 17.2 Å². The maximum Gasteiger partial charge on any atom is 0.223 e. The average molecular weight is 343 g/mol. The Balaban J connectivity index is 1.61. The standard InChI is InChI=1S/C20H25NO2S/c22-20(7-6-19-10-13-24-16-19)21(14-17-4-2-1-3-5-17)15-18-8-11-23-12-9-18/h1-5,10,13,16,18H,6-9,11-12,14-15H2. The van der Waals surface area contributed by atoms with Crippen LogP contribution in [-0.4, -0.2) is 30.6 Å². The molecule has 1 fully saturated rings. The Morgan fingerprint density at radius 1 is 1.12 bits per heavy atom. The van der Waals surface area contributed by atoms with Crippen LogP contribution in [0.25, 0.3) is 0 Å². The molecule has 128 valence electrons. The zero-order valence-electron chi connectivity index (χ0n) is 14.0. The minimum atomic E-state index is 0.261. The van der Waals surface area contributed by atoms with Crippen molar-refractivity contribution in [3.05, 3.63) is 58.3 Å². The van der Waals surface area contributed by atoms with E-state index in [0.717, 1.165) is 39.0 Å². The molecule has 0 saturated carbocycles. The maximum absolute atomic E-state index is 12.8. The number of hydrogen-bond donors (Lipinski definition) is 0. The molecular weight excluding hydrogens is 318 g/mol. The van der Waals surface area contributed by atoms with E-state index < -0.39 is 0 Å². The maximum atomic E-state index is 12.8. The summed E-state index contributed by atoms with van der Waals surface area (Å²) in [6, 6.07) is 12.4. The monoisotopic (exact) mass is 343 g/mol. The summed E-state index contributed by atoms with van der Waals surface area (Å²) in [5.41, 5.74) is 2.47. The Morgan fingerprint density at radius 3 is 2.62 bits per heavy atom. The highest BCUT2D eigenvalue weighted by atomic mass is 32.1. The zero-order chi connectivity index (χ0) is 16.6. The molecule has 0 unspecified atom stereocenters. The van der Waals surface area contributed by atoms with Crippen molar-refractivity contribution in [1.29, 1.82) is 0 Å². The van der Waals surface area contributed by atoms with Crippen molar-refractivity contribution in [2.45, 2.75) is 32.2 Å². The molecule has 0 N–H and O–H groups in total. The molecule has 2 aromatic rings. The molecule has 3 rings (SSSR count). The average Bonchev–Trinajstić information content (AvgIpc) is 3.14. The number of carbonyl (C=O) groups excluding carboxylic acids is 1. The molecule has 1 aromatic heterocycles. The predicted octanol–water partition coefficient (Wildman–Crippen LogP) is 4.14. The molecule has 3 nitrogen and oxygen atoms in total. The van der Waals surface area contributed by atoms with Crippen LogP contribution in [0.5, 0.6) is 0 Å². The lowest BCUT2D eigenvalue weighted by Gasteiger charge is -2.30. The van der Waals surface area contributed by atoms with Crippen molar-refractivity contribution in [2.75, 3.05) is 19.8 Å². The van der Waals surface area contributed by atoms with Gasteiger partial charge in [0.1, 0.15) is 0 Å². The second-order valence-corrected chi connectivity index (χ2v) is 7.23. The lowest BCUT2D eigenvalue weighted by Crippen LogP contribution is -2.36. The van der Waals surface area contributed by atoms with Crippen molar-refractivity contribution in [3.8, 4) is 0 Å². The van der Waals surface area contributed by atoms with Gasteiger partial charge in [-0.25, -0.2) is 0 Å². The molecule has 4 heteroatoms. The van der Waals surface area contributed by atoms with Gasteiger partial charge in [-0.1, -0.05) is 30.3 Å². The van der Waals surface area contributed by atoms with Crippen molar-refractivity contribution in [1.82, 2.24) is 4.90 Å². The first-order valence-corrected chi connectivity index (χ1v) is 9.66. The lowest BCUT2D eigenvalue weighted by molar-refractivity contribution is -0.133. The third-order valence-electron chi connectivity index (χ3n) is 4.60. The van der Waals surface area contributed by atoms with Crippen LogP contribution in [0.15, 0.2) is 47.2 Å². The molecule has 0 atom stereocenters. The number of hydrogen-bond acceptors (Lipinski definition) is 3. The number of amides is 1. The second kappa shape index (κ2) is 9.00. The van der Waals surface area contributed by atoms with Gasteiger partial charge in [-0.05, 0) is 53.1 Å². The molecule has 24 heavy (non-hydrogen) atoms. The number of aryl methyl sites for hydroxylation is 1. The molecule has 0 spiro atoms. The van der Waals surface area contributed by atoms with Gasteiger partial charge < -0.3 is 9.64 Å². The Hall–Kier alpha value is -1.65. The zero-order valence-corrected chi connectivity index (χ0v) is 14.8. The molecule has 1 saturated heterocycles. The highest BCUT2D eigenvalue weighted by Crippen LogP contribution is 2.19. The van der Waals surface area contributed by atoms with E-state index >= 15 is 0 Å². The molecule has 0 aliphatic carbocycles. The SMILES string of the molecule is O=C(CCc1ccsc1)N(Cc1ccccc1)CC1CCOCC1. The van der Waals surface area contributed by atoms with Gasteiger partial charge in [-0.3, -0.25) is 4.79 Å². The minimum Gasteiger partial charge on any atom is -0.381 e. The topological polar surface area (TPSA) is 29.5 Å². The van der Waals surface area contributed by atoms with E-state index in [9.17, 15) is 4.79 Å². The van der Waals surface area contributed by atoms with Crippen LogP contribution in [-0.2, 0) is 22.5 Å². The normalized spacial score (nSPS) is 15.3. The summed E-state index contributed by atoms with van der Waals surface area (Å²) in [4.78, 5) is 14.9. The number of benzene rings is 1. The molecule has 0 bridgehead atoms. The fraction of sp³-hybridized carbons (Fsp3) is 0.450. The van der Waals surface area contributed by atoms with Crippen LogP contribution in [0, 0.1) is 5.92 Å². The van der Waals surface area contributed by atoms with Gasteiger partial charge in [0.15, 0.2) is 0 Å². The summed E-state index contributed by atoms with van der Waals surface area (Å²) in [5.74, 6) is 0.823. The Labute approximate surface area is 148 Å². The van der Waals surface area contributed by atoms with E-state index in [1.165, 1.54) is 11.1 Å². The van der Waals surface area contributed by atoms with E-state index in [1.54, 1.807) is 11.3 Å². The summed E-state index contributed by atoms with van der Waals surface area (Å²) in [6.45, 7) is 3.21. The van der Waals surface area contributed by atoms with Gasteiger partial charge in [0.2, 0.25) is 5.91 Å². The van der Waals surface area contributed by atoms with Crippen LogP contribution in [0.4, 0.5) is 0 Å². The van der Waals surface area contributed by atoms with Crippen LogP contribution >= 0.6 is 11.3 Å². The Bertz CT molecular complexity index is 606. The quantitative estimate of drug-likeness (QED) is 0.756. The predicted molar refractivity (Wildman–Crippen MR) is 98.0 cm³/mol. The van der Waals surface area contributed by atoms with Crippen molar-refractivity contribution < 1.29 is 9.53 Å². The van der Waals surface area contributed by atoms with Gasteiger partial charge in [-0.15, -0.1) is 0 Å². The summed E-state index contributed by atoms with van der Waals surface area (Å²) in [6.07, 6.45) is 3.54. The first-order chi connectivity index (χ1) is 11.8. The molecule has 0 radical (unpaired) electrons. The van der Waals surface area contributed by atoms with Gasteiger partial charge in [0.05, 0.1) is 0 Å². The Kier molecular flexibility index (Phi) is 6.44. The van der Waals surface area contributed by atoms with Gasteiger partial charge in [0.25, 0.3) is 0 Å². The first-order valence-electron chi connectivity index (χ1n) is 8.72. The van der Waals surface area contributed by atoms with Crippen molar-refractivity contribution in [2.24, 2.45) is 5.92 Å². The molecular formula is C20H25NO2S. The van der Waals surface area contributed by atoms with Gasteiger partial charge >= 0.3 is 0 Å². The van der Waals surface area contributed by atoms with Crippen LogP contribution in [0.2, 0.25) is 0 Å². The first kappa shape index (κ1) is 17.2. The van der Waals surface area contributed by atoms with E-state index in [0.29, 0.717) is 18.9 Å². The summed E-state index contributed by atoms with van der Waals surface area (Å²) in [5, 5.41) is 4.21. The fourth-order valence-electron chi connectivity index (χ4n) is 3.14. The molecule has 1 aliphatic heterocycles. The summed E-state index contributed by atoms with van der Waals surface area (Å²) >= 11 is 1.69. The Morgan fingerprint density at radius 2 is 1.92 bits per heavy atom. The number of rotatable bonds is 7. The van der Waals surface area contributed by atoms with Crippen LogP contribution in [0.1, 0.15) is 30.4 Å². The molecule has 1 aromatic carbocycles. The lowest BCUT2D eigenvalue weighted by atomic mass is 9.99. The smallest absolute Gasteiger partial charge is 0.223 e. The summed E-state index contributed by atoms with van der Waals surface area (Å²) < 4.78 is 5.45. The van der Waals surface area contributed by atoms with Crippen LogP contribution < -0.4 is 0 Å². The largest absolute Gasteiger partial charge is 0.381 e.